The molecule has 0 aromatic heterocycles. The quantitative estimate of drug-likeness (QED) is 0.647. The Morgan fingerprint density at radius 1 is 0.920 bits per heavy atom. The molecule has 0 spiro atoms. The Kier molecular flexibility index (Phi) is 5.20. The van der Waals surface area contributed by atoms with Crippen molar-refractivity contribution in [3.63, 3.8) is 0 Å². The first-order valence-corrected chi connectivity index (χ1v) is 8.01. The van der Waals surface area contributed by atoms with Crippen molar-refractivity contribution in [3.05, 3.63) is 71.3 Å². The topological polar surface area (TPSA) is 75.7 Å². The lowest BCUT2D eigenvalue weighted by Crippen LogP contribution is -2.28. The molecule has 0 radical (unpaired) electrons. The van der Waals surface area contributed by atoms with Gasteiger partial charge in [0.1, 0.15) is 0 Å². The molecule has 1 N–H and O–H groups in total. The number of likely N-dealkylation sites (tertiary alicyclic amines) is 1. The Morgan fingerprint density at radius 3 is 2.20 bits per heavy atom. The molecule has 3 rings (SSSR count). The number of hydrogen-bond acceptors (Lipinski definition) is 4. The lowest BCUT2D eigenvalue weighted by Gasteiger charge is -2.14. The fraction of sp³-hybridized carbons (Fsp3) is 0.211. The second-order valence-corrected chi connectivity index (χ2v) is 5.78. The van der Waals surface area contributed by atoms with Crippen LogP contribution in [0.15, 0.2) is 54.6 Å². The van der Waals surface area contributed by atoms with E-state index in [4.69, 9.17) is 4.84 Å². The van der Waals surface area contributed by atoms with E-state index in [0.29, 0.717) is 5.56 Å². The smallest absolute Gasteiger partial charge is 0.274 e. The van der Waals surface area contributed by atoms with Crippen molar-refractivity contribution < 1.29 is 19.2 Å². The van der Waals surface area contributed by atoms with Gasteiger partial charge in [0.25, 0.3) is 5.91 Å². The van der Waals surface area contributed by atoms with E-state index in [1.165, 1.54) is 4.90 Å². The number of hydrogen-bond donors (Lipinski definition) is 1. The lowest BCUT2D eigenvalue weighted by atomic mass is 10.1. The first-order valence-electron chi connectivity index (χ1n) is 8.01. The Hall–Kier alpha value is -2.99. The zero-order chi connectivity index (χ0) is 17.6. The van der Waals surface area contributed by atoms with E-state index in [0.717, 1.165) is 11.1 Å². The van der Waals surface area contributed by atoms with Crippen LogP contribution in [-0.4, -0.2) is 22.6 Å². The summed E-state index contributed by atoms with van der Waals surface area (Å²) in [6.45, 7) is 0.522. The van der Waals surface area contributed by atoms with Crippen molar-refractivity contribution in [2.45, 2.75) is 26.0 Å². The third kappa shape index (κ3) is 4.30. The van der Waals surface area contributed by atoms with Gasteiger partial charge >= 0.3 is 0 Å². The number of hydroxylamine groups is 1. The molecule has 0 unspecified atom stereocenters. The molecule has 1 aliphatic heterocycles. The monoisotopic (exact) mass is 338 g/mol. The van der Waals surface area contributed by atoms with E-state index in [2.05, 4.69) is 5.48 Å². The van der Waals surface area contributed by atoms with Crippen molar-refractivity contribution in [2.24, 2.45) is 0 Å². The SMILES string of the molecule is O=C(NOCc1ccccc1)c1ccc(CN2C(=O)CCC2=O)cc1. The van der Waals surface area contributed by atoms with Gasteiger partial charge in [-0.15, -0.1) is 0 Å². The highest BCUT2D eigenvalue weighted by Crippen LogP contribution is 2.16. The van der Waals surface area contributed by atoms with Crippen LogP contribution >= 0.6 is 0 Å². The summed E-state index contributed by atoms with van der Waals surface area (Å²) >= 11 is 0. The molecule has 0 aliphatic carbocycles. The summed E-state index contributed by atoms with van der Waals surface area (Å²) in [5.74, 6) is -0.655. The molecule has 1 fully saturated rings. The molecule has 128 valence electrons. The number of carbonyl (C=O) groups is 3. The molecule has 1 saturated heterocycles. The standard InChI is InChI=1S/C19H18N2O4/c22-17-10-11-18(23)21(17)12-14-6-8-16(9-7-14)19(24)20-25-13-15-4-2-1-3-5-15/h1-9H,10-13H2,(H,20,24). The van der Waals surface area contributed by atoms with Crippen LogP contribution in [-0.2, 0) is 27.6 Å². The van der Waals surface area contributed by atoms with Gasteiger partial charge in [0.2, 0.25) is 11.8 Å². The van der Waals surface area contributed by atoms with Gasteiger partial charge in [0, 0.05) is 18.4 Å². The highest BCUT2D eigenvalue weighted by atomic mass is 16.6. The van der Waals surface area contributed by atoms with Crippen molar-refractivity contribution in [2.75, 3.05) is 0 Å². The molecule has 25 heavy (non-hydrogen) atoms. The first kappa shape index (κ1) is 16.9. The normalized spacial score (nSPS) is 14.0. The summed E-state index contributed by atoms with van der Waals surface area (Å²) in [6.07, 6.45) is 0.552. The number of amides is 3. The molecule has 6 heteroatoms. The molecule has 1 heterocycles. The molecule has 3 amide bonds. The van der Waals surface area contributed by atoms with Crippen LogP contribution in [0.25, 0.3) is 0 Å². The summed E-state index contributed by atoms with van der Waals surface area (Å²) in [5, 5.41) is 0. The van der Waals surface area contributed by atoms with E-state index >= 15 is 0 Å². The van der Waals surface area contributed by atoms with Gasteiger partial charge in [-0.1, -0.05) is 42.5 Å². The van der Waals surface area contributed by atoms with E-state index in [9.17, 15) is 14.4 Å². The largest absolute Gasteiger partial charge is 0.278 e. The summed E-state index contributed by atoms with van der Waals surface area (Å²) in [5.41, 5.74) is 4.59. The van der Waals surface area contributed by atoms with Crippen LogP contribution in [0.1, 0.15) is 34.3 Å². The molecule has 1 aliphatic rings. The van der Waals surface area contributed by atoms with Gasteiger partial charge in [-0.25, -0.2) is 5.48 Å². The van der Waals surface area contributed by atoms with Gasteiger partial charge in [-0.3, -0.25) is 24.1 Å². The third-order valence-corrected chi connectivity index (χ3v) is 3.96. The Morgan fingerprint density at radius 2 is 1.56 bits per heavy atom. The van der Waals surface area contributed by atoms with Crippen LogP contribution in [0, 0.1) is 0 Å². The third-order valence-electron chi connectivity index (χ3n) is 3.96. The van der Waals surface area contributed by atoms with E-state index in [-0.39, 0.29) is 43.7 Å². The number of nitrogens with one attached hydrogen (secondary N) is 1. The average molecular weight is 338 g/mol. The maximum absolute atomic E-state index is 12.0. The highest BCUT2D eigenvalue weighted by Gasteiger charge is 2.28. The number of nitrogens with zero attached hydrogens (tertiary/aromatic N) is 1. The van der Waals surface area contributed by atoms with Gasteiger partial charge in [0.05, 0.1) is 13.2 Å². The molecule has 0 saturated carbocycles. The second-order valence-electron chi connectivity index (χ2n) is 5.78. The van der Waals surface area contributed by atoms with E-state index in [1.54, 1.807) is 24.3 Å². The van der Waals surface area contributed by atoms with Crippen LogP contribution < -0.4 is 5.48 Å². The number of benzene rings is 2. The zero-order valence-electron chi connectivity index (χ0n) is 13.6. The van der Waals surface area contributed by atoms with E-state index in [1.807, 2.05) is 30.3 Å². The molecule has 0 atom stereocenters. The van der Waals surface area contributed by atoms with Gasteiger partial charge < -0.3 is 0 Å². The van der Waals surface area contributed by atoms with Crippen LogP contribution in [0.4, 0.5) is 0 Å². The zero-order valence-corrected chi connectivity index (χ0v) is 13.6. The van der Waals surface area contributed by atoms with Crippen molar-refractivity contribution in [1.29, 1.82) is 0 Å². The predicted octanol–water partition coefficient (Wildman–Crippen LogP) is 2.20. The minimum Gasteiger partial charge on any atom is -0.278 e. The Labute approximate surface area is 145 Å². The number of imide groups is 1. The summed E-state index contributed by atoms with van der Waals surface area (Å²) in [7, 11) is 0. The first-order chi connectivity index (χ1) is 12.1. The van der Waals surface area contributed by atoms with Crippen molar-refractivity contribution in [1.82, 2.24) is 10.4 Å². The van der Waals surface area contributed by atoms with E-state index < -0.39 is 0 Å². The minimum atomic E-state index is -0.351. The second kappa shape index (κ2) is 7.72. The van der Waals surface area contributed by atoms with Gasteiger partial charge in [0.15, 0.2) is 0 Å². The predicted molar refractivity (Wildman–Crippen MR) is 89.9 cm³/mol. The maximum Gasteiger partial charge on any atom is 0.274 e. The van der Waals surface area contributed by atoms with Gasteiger partial charge in [-0.2, -0.15) is 0 Å². The Balaban J connectivity index is 1.52. The molecule has 0 bridgehead atoms. The summed E-state index contributed by atoms with van der Waals surface area (Å²) in [6, 6.07) is 16.2. The fourth-order valence-electron chi connectivity index (χ4n) is 2.56. The Bertz CT molecular complexity index is 756. The van der Waals surface area contributed by atoms with Crippen molar-refractivity contribution >= 4 is 17.7 Å². The molecule has 2 aromatic rings. The number of rotatable bonds is 6. The molecular weight excluding hydrogens is 320 g/mol. The van der Waals surface area contributed by atoms with Gasteiger partial charge in [-0.05, 0) is 23.3 Å². The average Bonchev–Trinajstić information content (AvgIpc) is 2.95. The molecular formula is C19H18N2O4. The lowest BCUT2D eigenvalue weighted by molar-refractivity contribution is -0.139. The van der Waals surface area contributed by atoms with Crippen LogP contribution in [0.3, 0.4) is 0 Å². The fourth-order valence-corrected chi connectivity index (χ4v) is 2.56. The summed E-state index contributed by atoms with van der Waals surface area (Å²) < 4.78 is 0. The molecule has 2 aromatic carbocycles. The maximum atomic E-state index is 12.0. The minimum absolute atomic E-state index is 0.152. The molecule has 6 nitrogen and oxygen atoms in total. The highest BCUT2D eigenvalue weighted by molar-refractivity contribution is 6.01. The summed E-state index contributed by atoms with van der Waals surface area (Å²) in [4.78, 5) is 41.7. The van der Waals surface area contributed by atoms with Crippen LogP contribution in [0.2, 0.25) is 0 Å². The van der Waals surface area contributed by atoms with Crippen molar-refractivity contribution in [3.8, 4) is 0 Å². The van der Waals surface area contributed by atoms with Crippen LogP contribution in [0.5, 0.6) is 0 Å². The number of carbonyl (C=O) groups excluding carboxylic acids is 3.